The molecule has 0 unspecified atom stereocenters. The fraction of sp³-hybridized carbons (Fsp3) is 0.409. The third-order valence-electron chi connectivity index (χ3n) is 5.28. The number of aryl methyl sites for hydroxylation is 2. The molecule has 0 bridgehead atoms. The molecule has 0 radical (unpaired) electrons. The molecule has 0 aliphatic heterocycles. The predicted molar refractivity (Wildman–Crippen MR) is 118 cm³/mol. The van der Waals surface area contributed by atoms with E-state index in [2.05, 4.69) is 23.5 Å². The molecule has 5 nitrogen and oxygen atoms in total. The highest BCUT2D eigenvalue weighted by molar-refractivity contribution is 7.92. The quantitative estimate of drug-likeness (QED) is 0.675. The molecular weight excluding hydrogens is 408 g/mol. The Morgan fingerprint density at radius 2 is 1.83 bits per heavy atom. The van der Waals surface area contributed by atoms with Gasteiger partial charge >= 0.3 is 0 Å². The zero-order valence-electron chi connectivity index (χ0n) is 16.8. The molecule has 29 heavy (non-hydrogen) atoms. The third kappa shape index (κ3) is 5.73. The Bertz CT molecular complexity index is 974. The Balaban J connectivity index is 1.54. The minimum atomic E-state index is -3.44. The van der Waals surface area contributed by atoms with Crippen molar-refractivity contribution in [2.24, 2.45) is 0 Å². The highest BCUT2D eigenvalue weighted by Gasteiger charge is 2.18. The van der Waals surface area contributed by atoms with Crippen molar-refractivity contribution in [3.63, 3.8) is 0 Å². The van der Waals surface area contributed by atoms with Gasteiger partial charge in [-0.2, -0.15) is 0 Å². The third-order valence-corrected chi connectivity index (χ3v) is 6.73. The number of fused-ring (bicyclic) bond motifs is 1. The first-order chi connectivity index (χ1) is 13.7. The van der Waals surface area contributed by atoms with Crippen LogP contribution in [0.4, 0.5) is 5.69 Å². The maximum absolute atomic E-state index is 12.4. The van der Waals surface area contributed by atoms with Gasteiger partial charge in [0, 0.05) is 18.0 Å². The van der Waals surface area contributed by atoms with Gasteiger partial charge in [-0.05, 0) is 73.6 Å². The van der Waals surface area contributed by atoms with Crippen LogP contribution < -0.4 is 9.62 Å². The first kappa shape index (κ1) is 21.7. The number of hydrogen-bond acceptors (Lipinski definition) is 3. The number of halogens is 1. The molecule has 0 saturated carbocycles. The summed E-state index contributed by atoms with van der Waals surface area (Å²) in [6.07, 6.45) is 5.30. The molecule has 3 rings (SSSR count). The number of benzene rings is 2. The van der Waals surface area contributed by atoms with E-state index in [-0.39, 0.29) is 24.9 Å². The molecule has 0 aromatic heterocycles. The van der Waals surface area contributed by atoms with E-state index in [0.717, 1.165) is 24.7 Å². The van der Waals surface area contributed by atoms with Crippen molar-refractivity contribution in [3.8, 4) is 0 Å². The lowest BCUT2D eigenvalue weighted by Gasteiger charge is -2.22. The van der Waals surface area contributed by atoms with Gasteiger partial charge < -0.3 is 5.32 Å². The van der Waals surface area contributed by atoms with E-state index in [0.29, 0.717) is 17.1 Å². The van der Waals surface area contributed by atoms with Crippen molar-refractivity contribution in [2.75, 3.05) is 17.1 Å². The number of sulfonamides is 1. The zero-order valence-corrected chi connectivity index (χ0v) is 18.4. The van der Waals surface area contributed by atoms with Gasteiger partial charge in [0.2, 0.25) is 15.9 Å². The Morgan fingerprint density at radius 1 is 1.14 bits per heavy atom. The second-order valence-corrected chi connectivity index (χ2v) is 9.93. The Morgan fingerprint density at radius 3 is 2.52 bits per heavy atom. The second-order valence-electron chi connectivity index (χ2n) is 7.59. The second kappa shape index (κ2) is 9.18. The van der Waals surface area contributed by atoms with E-state index in [1.54, 1.807) is 24.3 Å². The summed E-state index contributed by atoms with van der Waals surface area (Å²) in [6.45, 7) is 2.21. The molecule has 0 heterocycles. The minimum absolute atomic E-state index is 0.0734. The molecule has 1 amide bonds. The largest absolute Gasteiger partial charge is 0.350 e. The van der Waals surface area contributed by atoms with Gasteiger partial charge in [0.1, 0.15) is 0 Å². The van der Waals surface area contributed by atoms with Gasteiger partial charge in [0.25, 0.3) is 0 Å². The molecule has 156 valence electrons. The molecule has 1 N–H and O–H groups in total. The van der Waals surface area contributed by atoms with Gasteiger partial charge in [-0.3, -0.25) is 9.10 Å². The summed E-state index contributed by atoms with van der Waals surface area (Å²) >= 11 is 5.89. The number of carbonyl (C=O) groups is 1. The summed E-state index contributed by atoms with van der Waals surface area (Å²) in [4.78, 5) is 12.4. The van der Waals surface area contributed by atoms with Crippen LogP contribution in [0.5, 0.6) is 0 Å². The summed E-state index contributed by atoms with van der Waals surface area (Å²) in [7, 11) is -3.44. The molecule has 0 spiro atoms. The standard InChI is InChI=1S/C22H27ClN2O3S/c1-16(18-9-8-17-5-3-6-19(17)15-18)24-22(26)7-4-14-25(29(2,27)28)21-12-10-20(23)11-13-21/h8-13,15-16H,3-7,14H2,1-2H3,(H,24,26)/t16-/m0/s1. The van der Waals surface area contributed by atoms with Crippen molar-refractivity contribution in [1.29, 1.82) is 0 Å². The van der Waals surface area contributed by atoms with E-state index < -0.39 is 10.0 Å². The van der Waals surface area contributed by atoms with Crippen molar-refractivity contribution < 1.29 is 13.2 Å². The molecule has 1 atom stereocenters. The Kier molecular flexibility index (Phi) is 6.85. The van der Waals surface area contributed by atoms with Crippen LogP contribution in [0.1, 0.15) is 48.9 Å². The number of anilines is 1. The van der Waals surface area contributed by atoms with Crippen LogP contribution in [0.2, 0.25) is 5.02 Å². The molecule has 0 saturated heterocycles. The lowest BCUT2D eigenvalue weighted by atomic mass is 10.0. The topological polar surface area (TPSA) is 66.5 Å². The van der Waals surface area contributed by atoms with E-state index in [1.165, 1.54) is 21.9 Å². The Hall–Kier alpha value is -2.05. The number of carbonyl (C=O) groups excluding carboxylic acids is 1. The lowest BCUT2D eigenvalue weighted by molar-refractivity contribution is -0.121. The number of nitrogens with one attached hydrogen (secondary N) is 1. The van der Waals surface area contributed by atoms with Crippen LogP contribution in [-0.4, -0.2) is 27.1 Å². The van der Waals surface area contributed by atoms with Gasteiger partial charge in [-0.15, -0.1) is 0 Å². The van der Waals surface area contributed by atoms with E-state index in [4.69, 9.17) is 11.6 Å². The SMILES string of the molecule is C[C@H](NC(=O)CCCN(c1ccc(Cl)cc1)S(C)(=O)=O)c1ccc2c(c1)CCC2. The van der Waals surface area contributed by atoms with Crippen LogP contribution in [-0.2, 0) is 27.7 Å². The average molecular weight is 435 g/mol. The lowest BCUT2D eigenvalue weighted by Crippen LogP contribution is -2.32. The first-order valence-electron chi connectivity index (χ1n) is 9.88. The molecular formula is C22H27ClN2O3S. The Labute approximate surface area is 178 Å². The average Bonchev–Trinajstić information content (AvgIpc) is 3.13. The smallest absolute Gasteiger partial charge is 0.232 e. The molecule has 7 heteroatoms. The van der Waals surface area contributed by atoms with Gasteiger partial charge in [-0.25, -0.2) is 8.42 Å². The highest BCUT2D eigenvalue weighted by atomic mass is 35.5. The summed E-state index contributed by atoms with van der Waals surface area (Å²) in [5.74, 6) is -0.0810. The van der Waals surface area contributed by atoms with Crippen LogP contribution in [0, 0.1) is 0 Å². The van der Waals surface area contributed by atoms with E-state index in [9.17, 15) is 13.2 Å². The summed E-state index contributed by atoms with van der Waals surface area (Å²) < 4.78 is 25.6. The molecule has 2 aromatic rings. The van der Waals surface area contributed by atoms with Gasteiger partial charge in [0.05, 0.1) is 18.0 Å². The number of nitrogens with zero attached hydrogens (tertiary/aromatic N) is 1. The predicted octanol–water partition coefficient (Wildman–Crippen LogP) is 4.25. The summed E-state index contributed by atoms with van der Waals surface area (Å²) in [5, 5.41) is 3.57. The maximum Gasteiger partial charge on any atom is 0.232 e. The van der Waals surface area contributed by atoms with E-state index >= 15 is 0 Å². The van der Waals surface area contributed by atoms with Crippen LogP contribution in [0.25, 0.3) is 0 Å². The first-order valence-corrected chi connectivity index (χ1v) is 12.1. The normalized spacial score (nSPS) is 14.3. The summed E-state index contributed by atoms with van der Waals surface area (Å²) in [6, 6.07) is 13.0. The number of hydrogen-bond donors (Lipinski definition) is 1. The molecule has 2 aromatic carbocycles. The fourth-order valence-corrected chi connectivity index (χ4v) is 4.83. The van der Waals surface area contributed by atoms with Crippen molar-refractivity contribution in [1.82, 2.24) is 5.32 Å². The maximum atomic E-state index is 12.4. The van der Waals surface area contributed by atoms with Gasteiger partial charge in [0.15, 0.2) is 0 Å². The highest BCUT2D eigenvalue weighted by Crippen LogP contribution is 2.25. The zero-order chi connectivity index (χ0) is 21.0. The van der Waals surface area contributed by atoms with Crippen LogP contribution in [0.15, 0.2) is 42.5 Å². The number of amides is 1. The minimum Gasteiger partial charge on any atom is -0.350 e. The number of rotatable bonds is 8. The molecule has 0 fully saturated rings. The van der Waals surface area contributed by atoms with Crippen LogP contribution in [0.3, 0.4) is 0 Å². The van der Waals surface area contributed by atoms with Crippen molar-refractivity contribution in [2.45, 2.75) is 45.1 Å². The van der Waals surface area contributed by atoms with Crippen LogP contribution >= 0.6 is 11.6 Å². The van der Waals surface area contributed by atoms with E-state index in [1.807, 2.05) is 6.92 Å². The monoisotopic (exact) mass is 434 g/mol. The molecule has 1 aliphatic carbocycles. The molecule has 1 aliphatic rings. The van der Waals surface area contributed by atoms with Crippen molar-refractivity contribution >= 4 is 33.2 Å². The summed E-state index contributed by atoms with van der Waals surface area (Å²) in [5.41, 5.74) is 4.45. The fourth-order valence-electron chi connectivity index (χ4n) is 3.74. The van der Waals surface area contributed by atoms with Crippen molar-refractivity contribution in [3.05, 3.63) is 64.2 Å². The van der Waals surface area contributed by atoms with Gasteiger partial charge in [-0.1, -0.05) is 29.8 Å².